The number of rotatable bonds is 8. The van der Waals surface area contributed by atoms with E-state index in [4.69, 9.17) is 4.74 Å². The molecule has 178 valence electrons. The predicted octanol–water partition coefficient (Wildman–Crippen LogP) is 3.01. The summed E-state index contributed by atoms with van der Waals surface area (Å²) in [5.74, 6) is -3.62. The number of carbonyl (C=O) groups excluding carboxylic acids is 2. The molecule has 3 rings (SSSR count). The van der Waals surface area contributed by atoms with E-state index >= 15 is 0 Å². The Hall–Kier alpha value is -2.70. The van der Waals surface area contributed by atoms with Crippen LogP contribution in [-0.2, 0) is 19.6 Å². The highest BCUT2D eigenvalue weighted by atomic mass is 32.2. The molecule has 1 aliphatic rings. The Bertz CT molecular complexity index is 1090. The molecule has 1 fully saturated rings. The fourth-order valence-corrected chi connectivity index (χ4v) is 4.54. The fraction of sp³-hybridized carbons (Fsp3) is 0.333. The number of ether oxygens (including phenoxy) is 1. The summed E-state index contributed by atoms with van der Waals surface area (Å²) in [4.78, 5) is 26.9. The van der Waals surface area contributed by atoms with Gasteiger partial charge in [-0.3, -0.25) is 4.79 Å². The van der Waals surface area contributed by atoms with Gasteiger partial charge in [0.15, 0.2) is 6.61 Å². The van der Waals surface area contributed by atoms with Gasteiger partial charge in [0.25, 0.3) is 11.7 Å². The topological polar surface area (TPSA) is 96.0 Å². The smallest absolute Gasteiger partial charge is 0.340 e. The molecule has 8 nitrogen and oxygen atoms in total. The Morgan fingerprint density at radius 1 is 1.06 bits per heavy atom. The quantitative estimate of drug-likeness (QED) is 0.441. The third-order valence-electron chi connectivity index (χ3n) is 4.89. The second kappa shape index (κ2) is 10.9. The van der Waals surface area contributed by atoms with Crippen LogP contribution in [0.4, 0.5) is 20.2 Å². The second-order valence-electron chi connectivity index (χ2n) is 7.19. The number of nitrogens with zero attached hydrogens (tertiary/aromatic N) is 2. The van der Waals surface area contributed by atoms with E-state index in [-0.39, 0.29) is 31.7 Å². The first-order valence-electron chi connectivity index (χ1n) is 9.94. The highest BCUT2D eigenvalue weighted by Crippen LogP contribution is 2.28. The summed E-state index contributed by atoms with van der Waals surface area (Å²) in [6.45, 7) is 0.369. The van der Waals surface area contributed by atoms with E-state index < -0.39 is 34.3 Å². The van der Waals surface area contributed by atoms with Crippen LogP contribution in [0.5, 0.6) is 0 Å². The van der Waals surface area contributed by atoms with Crippen LogP contribution in [0.15, 0.2) is 53.4 Å². The average molecular weight is 500 g/mol. The molecule has 33 heavy (non-hydrogen) atoms. The summed E-state index contributed by atoms with van der Waals surface area (Å²) in [5.41, 5.74) is 1.23. The van der Waals surface area contributed by atoms with Gasteiger partial charge in [-0.2, -0.15) is 13.1 Å². The third kappa shape index (κ3) is 7.14. The first-order chi connectivity index (χ1) is 15.6. The van der Waals surface area contributed by atoms with Gasteiger partial charge in [-0.15, -0.1) is 0 Å². The minimum atomic E-state index is -3.31. The van der Waals surface area contributed by atoms with Crippen molar-refractivity contribution >= 4 is 45.0 Å². The Morgan fingerprint density at radius 3 is 2.30 bits per heavy atom. The van der Waals surface area contributed by atoms with E-state index in [0.29, 0.717) is 28.0 Å². The zero-order chi connectivity index (χ0) is 24.0. The van der Waals surface area contributed by atoms with Crippen molar-refractivity contribution in [2.24, 2.45) is 0 Å². The van der Waals surface area contributed by atoms with Gasteiger partial charge in [0.1, 0.15) is 0 Å². The maximum atomic E-state index is 12.6. The van der Waals surface area contributed by atoms with Crippen LogP contribution >= 0.6 is 11.8 Å². The molecule has 0 aliphatic carbocycles. The van der Waals surface area contributed by atoms with Crippen LogP contribution in [0.1, 0.15) is 10.4 Å². The molecule has 0 bridgehead atoms. The molecule has 2 aromatic rings. The first kappa shape index (κ1) is 24.9. The number of piperazine rings is 1. The molecule has 1 saturated heterocycles. The number of sulfonamides is 1. The summed E-state index contributed by atoms with van der Waals surface area (Å²) in [6.07, 6.45) is 1.12. The normalized spacial score (nSPS) is 14.8. The van der Waals surface area contributed by atoms with Gasteiger partial charge in [-0.25, -0.2) is 13.2 Å². The minimum Gasteiger partial charge on any atom is -0.452 e. The summed E-state index contributed by atoms with van der Waals surface area (Å²) in [5, 5.41) is 3.05. The summed E-state index contributed by atoms with van der Waals surface area (Å²) in [7, 11) is -3.31. The van der Waals surface area contributed by atoms with Crippen molar-refractivity contribution in [3.63, 3.8) is 0 Å². The van der Waals surface area contributed by atoms with E-state index in [2.05, 4.69) is 5.32 Å². The maximum absolute atomic E-state index is 12.6. The number of hydrogen-bond acceptors (Lipinski definition) is 7. The van der Waals surface area contributed by atoms with Crippen molar-refractivity contribution < 1.29 is 31.5 Å². The Labute approximate surface area is 194 Å². The van der Waals surface area contributed by atoms with Gasteiger partial charge in [0, 0.05) is 36.8 Å². The molecule has 0 aromatic heterocycles. The third-order valence-corrected chi connectivity index (χ3v) is 6.92. The van der Waals surface area contributed by atoms with Crippen molar-refractivity contribution in [1.29, 1.82) is 0 Å². The number of halogens is 2. The molecule has 1 aliphatic heterocycles. The first-order valence-corrected chi connectivity index (χ1v) is 12.7. The van der Waals surface area contributed by atoms with Gasteiger partial charge in [0.2, 0.25) is 10.0 Å². The number of benzene rings is 2. The number of nitrogens with one attached hydrogen (secondary N) is 1. The number of anilines is 2. The largest absolute Gasteiger partial charge is 0.452 e. The maximum Gasteiger partial charge on any atom is 0.340 e. The number of esters is 1. The predicted molar refractivity (Wildman–Crippen MR) is 121 cm³/mol. The van der Waals surface area contributed by atoms with Gasteiger partial charge in [-0.1, -0.05) is 23.9 Å². The lowest BCUT2D eigenvalue weighted by molar-refractivity contribution is -0.135. The number of thioether (sulfide) groups is 1. The van der Waals surface area contributed by atoms with Gasteiger partial charge >= 0.3 is 5.97 Å². The monoisotopic (exact) mass is 499 g/mol. The van der Waals surface area contributed by atoms with Crippen molar-refractivity contribution in [3.8, 4) is 0 Å². The van der Waals surface area contributed by atoms with Crippen molar-refractivity contribution in [2.75, 3.05) is 44.4 Å². The second-order valence-corrected chi connectivity index (χ2v) is 10.2. The molecule has 1 amide bonds. The van der Waals surface area contributed by atoms with Crippen LogP contribution < -0.4 is 5.32 Å². The Kier molecular flexibility index (Phi) is 8.27. The molecule has 0 saturated carbocycles. The van der Waals surface area contributed by atoms with Gasteiger partial charge in [0.05, 0.1) is 17.5 Å². The van der Waals surface area contributed by atoms with Crippen LogP contribution in [0.25, 0.3) is 0 Å². The lowest BCUT2D eigenvalue weighted by Crippen LogP contribution is -2.51. The molecule has 2 aromatic carbocycles. The minimum absolute atomic E-state index is 0.194. The van der Waals surface area contributed by atoms with E-state index in [1.807, 2.05) is 0 Å². The van der Waals surface area contributed by atoms with Crippen molar-refractivity contribution in [1.82, 2.24) is 9.21 Å². The van der Waals surface area contributed by atoms with E-state index in [0.717, 1.165) is 6.26 Å². The molecule has 0 unspecified atom stereocenters. The van der Waals surface area contributed by atoms with Crippen LogP contribution in [0.2, 0.25) is 0 Å². The highest BCUT2D eigenvalue weighted by Gasteiger charge is 2.26. The zero-order valence-electron chi connectivity index (χ0n) is 17.7. The van der Waals surface area contributed by atoms with E-state index in [9.17, 15) is 26.8 Å². The fourth-order valence-electron chi connectivity index (χ4n) is 3.21. The molecular formula is C21H23F2N3O5S2. The lowest BCUT2D eigenvalue weighted by Gasteiger charge is -2.33. The van der Waals surface area contributed by atoms with Crippen molar-refractivity contribution in [3.05, 3.63) is 54.1 Å². The molecule has 12 heteroatoms. The summed E-state index contributed by atoms with van der Waals surface area (Å²) >= 11 is 0.440. The Balaban J connectivity index is 1.57. The molecular weight excluding hydrogens is 476 g/mol. The number of para-hydroxylation sites is 1. The standard InChI is InChI=1S/C21H23F2N3O5S2/c1-33(29,30)26-12-10-25(11-13-26)19(27)14-31-20(28)17-4-2-3-5-18(17)24-15-6-8-16(9-7-15)32-21(22)23/h2-9,21,24H,10-14H2,1H3. The average Bonchev–Trinajstić information content (AvgIpc) is 2.78. The molecule has 0 spiro atoms. The SMILES string of the molecule is CS(=O)(=O)N1CCN(C(=O)COC(=O)c2ccccc2Nc2ccc(SC(F)F)cc2)CC1. The molecule has 0 radical (unpaired) electrons. The summed E-state index contributed by atoms with van der Waals surface area (Å²) in [6, 6.07) is 12.9. The van der Waals surface area contributed by atoms with E-state index in [1.54, 1.807) is 48.5 Å². The number of carbonyl (C=O) groups is 2. The Morgan fingerprint density at radius 2 is 1.70 bits per heavy atom. The summed E-state index contributed by atoms with van der Waals surface area (Å²) < 4.78 is 54.6. The lowest BCUT2D eigenvalue weighted by atomic mass is 10.1. The molecule has 1 heterocycles. The van der Waals surface area contributed by atoms with E-state index in [1.165, 1.54) is 9.21 Å². The zero-order valence-corrected chi connectivity index (χ0v) is 19.4. The van der Waals surface area contributed by atoms with Crippen molar-refractivity contribution in [2.45, 2.75) is 10.7 Å². The number of alkyl halides is 2. The van der Waals surface area contributed by atoms with Gasteiger partial charge < -0.3 is 15.0 Å². The van der Waals surface area contributed by atoms with Crippen LogP contribution in [0.3, 0.4) is 0 Å². The van der Waals surface area contributed by atoms with Crippen LogP contribution in [-0.4, -0.2) is 74.3 Å². The van der Waals surface area contributed by atoms with Gasteiger partial charge in [-0.05, 0) is 36.4 Å². The number of amides is 1. The molecule has 1 N–H and O–H groups in total. The molecule has 0 atom stereocenters. The number of hydrogen-bond donors (Lipinski definition) is 1. The van der Waals surface area contributed by atoms with Crippen LogP contribution in [0, 0.1) is 0 Å². The highest BCUT2D eigenvalue weighted by molar-refractivity contribution is 7.99.